The summed E-state index contributed by atoms with van der Waals surface area (Å²) in [6.07, 6.45) is 4.20. The number of nitrogens with two attached hydrogens (primary N) is 1. The first-order valence-electron chi connectivity index (χ1n) is 6.83. The van der Waals surface area contributed by atoms with Crippen LogP contribution in [0.1, 0.15) is 36.5 Å². The van der Waals surface area contributed by atoms with Gasteiger partial charge < -0.3 is 15.4 Å². The number of carbonyl (C=O) groups excluding carboxylic acids is 2. The van der Waals surface area contributed by atoms with E-state index in [0.717, 1.165) is 12.8 Å². The van der Waals surface area contributed by atoms with E-state index in [1.807, 2.05) is 4.90 Å². The molecule has 1 aromatic rings. The van der Waals surface area contributed by atoms with Crippen molar-refractivity contribution in [1.29, 1.82) is 0 Å². The molecule has 0 aliphatic carbocycles. The van der Waals surface area contributed by atoms with Gasteiger partial charge in [-0.25, -0.2) is 9.78 Å². The highest BCUT2D eigenvalue weighted by atomic mass is 16.5. The second kappa shape index (κ2) is 6.36. The zero-order valence-corrected chi connectivity index (χ0v) is 11.5. The normalized spacial score (nSPS) is 18.6. The molecule has 1 aliphatic rings. The van der Waals surface area contributed by atoms with Gasteiger partial charge in [0.1, 0.15) is 11.9 Å². The highest BCUT2D eigenvalue weighted by Gasteiger charge is 2.32. The second-order valence-corrected chi connectivity index (χ2v) is 4.70. The van der Waals surface area contributed by atoms with Crippen molar-refractivity contribution in [2.45, 2.75) is 32.2 Å². The molecule has 108 valence electrons. The number of hydrogen-bond donors (Lipinski definition) is 1. The number of ether oxygens (including phenoxy) is 1. The quantitative estimate of drug-likeness (QED) is 0.833. The lowest BCUT2D eigenvalue weighted by molar-refractivity contribution is -0.145. The average molecular weight is 277 g/mol. The van der Waals surface area contributed by atoms with Gasteiger partial charge in [0.25, 0.3) is 5.91 Å². The summed E-state index contributed by atoms with van der Waals surface area (Å²) in [7, 11) is 0. The van der Waals surface area contributed by atoms with E-state index < -0.39 is 11.9 Å². The summed E-state index contributed by atoms with van der Waals surface area (Å²) in [6.45, 7) is 2.79. The van der Waals surface area contributed by atoms with Gasteiger partial charge >= 0.3 is 5.97 Å². The number of rotatable bonds is 4. The maximum atomic E-state index is 12.1. The van der Waals surface area contributed by atoms with E-state index in [1.54, 1.807) is 25.3 Å². The number of carbonyl (C=O) groups is 2. The number of hydrogen-bond acceptors (Lipinski definition) is 5. The summed E-state index contributed by atoms with van der Waals surface area (Å²) in [5, 5.41) is 0. The molecule has 1 saturated heterocycles. The van der Waals surface area contributed by atoms with Crippen molar-refractivity contribution < 1.29 is 14.3 Å². The van der Waals surface area contributed by atoms with Crippen LogP contribution < -0.4 is 10.6 Å². The van der Waals surface area contributed by atoms with E-state index in [-0.39, 0.29) is 5.97 Å². The van der Waals surface area contributed by atoms with E-state index in [4.69, 9.17) is 10.5 Å². The van der Waals surface area contributed by atoms with Crippen LogP contribution in [0.15, 0.2) is 18.3 Å². The lowest BCUT2D eigenvalue weighted by Gasteiger charge is -2.35. The van der Waals surface area contributed by atoms with E-state index in [1.165, 1.54) is 0 Å². The minimum absolute atomic E-state index is 0.270. The Morgan fingerprint density at radius 3 is 3.00 bits per heavy atom. The van der Waals surface area contributed by atoms with Gasteiger partial charge in [-0.15, -0.1) is 0 Å². The van der Waals surface area contributed by atoms with Crippen LogP contribution in [-0.2, 0) is 9.53 Å². The Bertz CT molecular complexity index is 504. The summed E-state index contributed by atoms with van der Waals surface area (Å²) in [6, 6.07) is 2.89. The van der Waals surface area contributed by atoms with Crippen molar-refractivity contribution in [2.75, 3.05) is 18.1 Å². The van der Waals surface area contributed by atoms with Crippen molar-refractivity contribution in [3.05, 3.63) is 23.9 Å². The molecule has 1 atom stereocenters. The van der Waals surface area contributed by atoms with Crippen LogP contribution in [-0.4, -0.2) is 36.1 Å². The summed E-state index contributed by atoms with van der Waals surface area (Å²) in [4.78, 5) is 29.6. The molecule has 2 heterocycles. The first-order chi connectivity index (χ1) is 9.65. The van der Waals surface area contributed by atoms with Crippen LogP contribution in [0.4, 0.5) is 5.82 Å². The fraction of sp³-hybridized carbons (Fsp3) is 0.500. The summed E-state index contributed by atoms with van der Waals surface area (Å²) < 4.78 is 5.11. The van der Waals surface area contributed by atoms with Crippen LogP contribution in [0.3, 0.4) is 0 Å². The van der Waals surface area contributed by atoms with Gasteiger partial charge in [-0.1, -0.05) is 0 Å². The highest BCUT2D eigenvalue weighted by Crippen LogP contribution is 2.26. The molecule has 6 heteroatoms. The Kier molecular flexibility index (Phi) is 4.55. The van der Waals surface area contributed by atoms with Gasteiger partial charge in [0.05, 0.1) is 12.2 Å². The fourth-order valence-corrected chi connectivity index (χ4v) is 2.49. The van der Waals surface area contributed by atoms with Crippen LogP contribution >= 0.6 is 0 Å². The first kappa shape index (κ1) is 14.3. The summed E-state index contributed by atoms with van der Waals surface area (Å²) in [5.41, 5.74) is 5.72. The molecule has 0 radical (unpaired) electrons. The van der Waals surface area contributed by atoms with Gasteiger partial charge in [-0.2, -0.15) is 0 Å². The molecule has 1 aromatic heterocycles. The Hall–Kier alpha value is -2.11. The Balaban J connectivity index is 2.33. The molecule has 0 saturated carbocycles. The highest BCUT2D eigenvalue weighted by molar-refractivity contribution is 5.98. The molecule has 1 aliphatic heterocycles. The van der Waals surface area contributed by atoms with Gasteiger partial charge in [-0.05, 0) is 38.3 Å². The number of anilines is 1. The van der Waals surface area contributed by atoms with Gasteiger partial charge in [0, 0.05) is 12.7 Å². The number of amides is 1. The third kappa shape index (κ3) is 2.89. The van der Waals surface area contributed by atoms with Crippen LogP contribution in [0.2, 0.25) is 0 Å². The standard InChI is InChI=1S/C14H19N3O3/c1-2-20-14(19)11-7-3-4-9-17(11)13-10(12(15)18)6-5-8-16-13/h5-6,8,11H,2-4,7,9H2,1H3,(H2,15,18). The Morgan fingerprint density at radius 1 is 1.50 bits per heavy atom. The van der Waals surface area contributed by atoms with Gasteiger partial charge in [0.2, 0.25) is 0 Å². The Morgan fingerprint density at radius 2 is 2.30 bits per heavy atom. The van der Waals surface area contributed by atoms with E-state index >= 15 is 0 Å². The molecule has 1 amide bonds. The minimum atomic E-state index is -0.540. The lowest BCUT2D eigenvalue weighted by atomic mass is 10.0. The van der Waals surface area contributed by atoms with Crippen molar-refractivity contribution in [3.8, 4) is 0 Å². The zero-order valence-electron chi connectivity index (χ0n) is 11.5. The molecule has 20 heavy (non-hydrogen) atoms. The van der Waals surface area contributed by atoms with Crippen molar-refractivity contribution in [2.24, 2.45) is 5.73 Å². The van der Waals surface area contributed by atoms with Crippen LogP contribution in [0.5, 0.6) is 0 Å². The minimum Gasteiger partial charge on any atom is -0.464 e. The molecule has 0 aromatic carbocycles. The first-order valence-corrected chi connectivity index (χ1v) is 6.83. The topological polar surface area (TPSA) is 85.5 Å². The van der Waals surface area contributed by atoms with Gasteiger partial charge in [-0.3, -0.25) is 4.79 Å². The average Bonchev–Trinajstić information content (AvgIpc) is 2.47. The monoisotopic (exact) mass is 277 g/mol. The molecule has 2 N–H and O–H groups in total. The molecule has 0 bridgehead atoms. The van der Waals surface area contributed by atoms with Crippen LogP contribution in [0, 0.1) is 0 Å². The predicted molar refractivity (Wildman–Crippen MR) is 74.4 cm³/mol. The number of piperidine rings is 1. The van der Waals surface area contributed by atoms with Crippen molar-refractivity contribution in [3.63, 3.8) is 0 Å². The van der Waals surface area contributed by atoms with E-state index in [9.17, 15) is 9.59 Å². The molecule has 1 unspecified atom stereocenters. The SMILES string of the molecule is CCOC(=O)C1CCCCN1c1ncccc1C(N)=O. The maximum absolute atomic E-state index is 12.1. The molecular formula is C14H19N3O3. The Labute approximate surface area is 117 Å². The van der Waals surface area contributed by atoms with Gasteiger partial charge in [0.15, 0.2) is 0 Å². The lowest BCUT2D eigenvalue weighted by Crippen LogP contribution is -2.46. The zero-order chi connectivity index (χ0) is 14.5. The molecule has 0 spiro atoms. The maximum Gasteiger partial charge on any atom is 0.328 e. The number of pyridine rings is 1. The molecular weight excluding hydrogens is 258 g/mol. The largest absolute Gasteiger partial charge is 0.464 e. The summed E-state index contributed by atoms with van der Waals surface area (Å²) in [5.74, 6) is -0.340. The van der Waals surface area contributed by atoms with E-state index in [0.29, 0.717) is 31.0 Å². The predicted octanol–water partition coefficient (Wildman–Crippen LogP) is 1.10. The third-order valence-electron chi connectivity index (χ3n) is 3.39. The second-order valence-electron chi connectivity index (χ2n) is 4.70. The van der Waals surface area contributed by atoms with Crippen molar-refractivity contribution in [1.82, 2.24) is 4.98 Å². The fourth-order valence-electron chi connectivity index (χ4n) is 2.49. The molecule has 6 nitrogen and oxygen atoms in total. The third-order valence-corrected chi connectivity index (χ3v) is 3.39. The number of esters is 1. The smallest absolute Gasteiger partial charge is 0.328 e. The molecule has 2 rings (SSSR count). The molecule has 1 fully saturated rings. The number of aromatic nitrogens is 1. The van der Waals surface area contributed by atoms with E-state index in [2.05, 4.69) is 4.98 Å². The van der Waals surface area contributed by atoms with Crippen LogP contribution in [0.25, 0.3) is 0 Å². The number of nitrogens with zero attached hydrogens (tertiary/aromatic N) is 2. The number of primary amides is 1. The summed E-state index contributed by atoms with van der Waals surface area (Å²) >= 11 is 0. The van der Waals surface area contributed by atoms with Crippen molar-refractivity contribution >= 4 is 17.7 Å².